The third-order valence-electron chi connectivity index (χ3n) is 3.58. The van der Waals surface area contributed by atoms with Crippen LogP contribution < -0.4 is 0 Å². The molecule has 1 aromatic rings. The van der Waals surface area contributed by atoms with Crippen LogP contribution in [0.15, 0.2) is 36.4 Å². The molecule has 0 heterocycles. The van der Waals surface area contributed by atoms with Crippen molar-refractivity contribution >= 4 is 24.3 Å². The lowest BCUT2D eigenvalue weighted by Gasteiger charge is -2.12. The Hall–Kier alpha value is -1.82. The van der Waals surface area contributed by atoms with Gasteiger partial charge in [-0.2, -0.15) is 0 Å². The highest BCUT2D eigenvalue weighted by Crippen LogP contribution is 2.32. The van der Waals surface area contributed by atoms with Crippen LogP contribution in [0.4, 0.5) is 0 Å². The quantitative estimate of drug-likeness (QED) is 0.580. The summed E-state index contributed by atoms with van der Waals surface area (Å²) in [5.74, 6) is 0. The Morgan fingerprint density at radius 3 is 2.22 bits per heavy atom. The van der Waals surface area contributed by atoms with Crippen LogP contribution in [0.25, 0.3) is 24.3 Å². The van der Waals surface area contributed by atoms with E-state index < -0.39 is 0 Å². The van der Waals surface area contributed by atoms with E-state index in [4.69, 9.17) is 0 Å². The normalized spacial score (nSPS) is 19.0. The maximum absolute atomic E-state index is 2.29. The molecular formula is C18H18. The van der Waals surface area contributed by atoms with Gasteiger partial charge in [0.05, 0.1) is 0 Å². The van der Waals surface area contributed by atoms with Crippen LogP contribution in [0.5, 0.6) is 0 Å². The van der Waals surface area contributed by atoms with E-state index in [2.05, 4.69) is 74.6 Å². The Morgan fingerprint density at radius 2 is 1.39 bits per heavy atom. The zero-order valence-electron chi connectivity index (χ0n) is 11.0. The van der Waals surface area contributed by atoms with Crippen molar-refractivity contribution in [3.63, 3.8) is 0 Å². The summed E-state index contributed by atoms with van der Waals surface area (Å²) in [6.07, 6.45) is 19.0. The summed E-state index contributed by atoms with van der Waals surface area (Å²) in [5.41, 5.74) is 5.46. The molecule has 3 rings (SSSR count). The molecule has 0 heteroatoms. The van der Waals surface area contributed by atoms with Crippen LogP contribution in [0.1, 0.15) is 42.5 Å². The van der Waals surface area contributed by atoms with Gasteiger partial charge in [-0.25, -0.2) is 0 Å². The number of allylic oxidation sites excluding steroid dienone is 4. The molecule has 0 fully saturated rings. The number of hydrogen-bond acceptors (Lipinski definition) is 0. The molecule has 2 aliphatic rings. The Morgan fingerprint density at radius 1 is 0.778 bits per heavy atom. The van der Waals surface area contributed by atoms with Crippen molar-refractivity contribution in [2.24, 2.45) is 5.41 Å². The van der Waals surface area contributed by atoms with Gasteiger partial charge in [-0.15, -0.1) is 0 Å². The monoisotopic (exact) mass is 234 g/mol. The smallest absolute Gasteiger partial charge is 0.00111 e. The zero-order chi connectivity index (χ0) is 12.6. The largest absolute Gasteiger partial charge is 0.0801 e. The predicted molar refractivity (Wildman–Crippen MR) is 81.0 cm³/mol. The molecule has 1 aromatic carbocycles. The van der Waals surface area contributed by atoms with Crippen molar-refractivity contribution < 1.29 is 0 Å². The Kier molecular flexibility index (Phi) is 2.59. The molecule has 18 heavy (non-hydrogen) atoms. The SMILES string of the molecule is CC1(C)C=Cc2ccc3c(c2C=C1)C=CCC=C3. The average Bonchev–Trinajstić information content (AvgIpc) is 2.66. The lowest BCUT2D eigenvalue weighted by molar-refractivity contribution is 0.633. The first-order valence-corrected chi connectivity index (χ1v) is 6.54. The van der Waals surface area contributed by atoms with E-state index in [0.717, 1.165) is 6.42 Å². The third-order valence-corrected chi connectivity index (χ3v) is 3.58. The van der Waals surface area contributed by atoms with Gasteiger partial charge in [-0.3, -0.25) is 0 Å². The van der Waals surface area contributed by atoms with Gasteiger partial charge in [0.25, 0.3) is 0 Å². The molecule has 0 atom stereocenters. The summed E-state index contributed by atoms with van der Waals surface area (Å²) in [5, 5.41) is 0. The van der Waals surface area contributed by atoms with E-state index in [1.807, 2.05) is 0 Å². The number of fused-ring (bicyclic) bond motifs is 3. The first-order valence-electron chi connectivity index (χ1n) is 6.54. The lowest BCUT2D eigenvalue weighted by atomic mass is 9.93. The van der Waals surface area contributed by atoms with Crippen molar-refractivity contribution in [1.82, 2.24) is 0 Å². The number of benzene rings is 1. The van der Waals surface area contributed by atoms with Crippen LogP contribution in [-0.2, 0) is 0 Å². The fraction of sp³-hybridized carbons (Fsp3) is 0.222. The van der Waals surface area contributed by atoms with E-state index in [1.165, 1.54) is 22.3 Å². The van der Waals surface area contributed by atoms with Crippen molar-refractivity contribution in [2.75, 3.05) is 0 Å². The van der Waals surface area contributed by atoms with Crippen LogP contribution in [-0.4, -0.2) is 0 Å². The second kappa shape index (κ2) is 4.13. The Balaban J connectivity index is 2.24. The van der Waals surface area contributed by atoms with Crippen molar-refractivity contribution in [2.45, 2.75) is 20.3 Å². The molecule has 0 saturated heterocycles. The van der Waals surface area contributed by atoms with Gasteiger partial charge in [0.15, 0.2) is 0 Å². The first kappa shape index (κ1) is 11.3. The van der Waals surface area contributed by atoms with Gasteiger partial charge >= 0.3 is 0 Å². The fourth-order valence-corrected chi connectivity index (χ4v) is 2.45. The highest BCUT2D eigenvalue weighted by atomic mass is 14.2. The zero-order valence-corrected chi connectivity index (χ0v) is 11.0. The van der Waals surface area contributed by atoms with E-state index in [9.17, 15) is 0 Å². The third kappa shape index (κ3) is 1.99. The molecule has 0 spiro atoms. The van der Waals surface area contributed by atoms with Gasteiger partial charge in [0, 0.05) is 5.41 Å². The van der Waals surface area contributed by atoms with Crippen LogP contribution in [0.3, 0.4) is 0 Å². The second-order valence-corrected chi connectivity index (χ2v) is 5.60. The molecule has 0 aliphatic heterocycles. The summed E-state index contributed by atoms with van der Waals surface area (Å²) >= 11 is 0. The Bertz CT molecular complexity index is 593. The summed E-state index contributed by atoms with van der Waals surface area (Å²) in [4.78, 5) is 0. The van der Waals surface area contributed by atoms with Crippen molar-refractivity contribution in [3.05, 3.63) is 58.7 Å². The van der Waals surface area contributed by atoms with E-state index >= 15 is 0 Å². The fourth-order valence-electron chi connectivity index (χ4n) is 2.45. The molecule has 2 aliphatic carbocycles. The van der Waals surface area contributed by atoms with Crippen LogP contribution in [0, 0.1) is 5.41 Å². The molecule has 0 N–H and O–H groups in total. The molecule has 0 aromatic heterocycles. The highest BCUT2D eigenvalue weighted by Gasteiger charge is 2.15. The highest BCUT2D eigenvalue weighted by molar-refractivity contribution is 5.81. The topological polar surface area (TPSA) is 0 Å². The predicted octanol–water partition coefficient (Wildman–Crippen LogP) is 5.18. The van der Waals surface area contributed by atoms with E-state index in [0.29, 0.717) is 0 Å². The maximum atomic E-state index is 2.29. The summed E-state index contributed by atoms with van der Waals surface area (Å²) in [7, 11) is 0. The lowest BCUT2D eigenvalue weighted by Crippen LogP contribution is -2.00. The molecule has 0 saturated carbocycles. The maximum Gasteiger partial charge on any atom is 0.00111 e. The van der Waals surface area contributed by atoms with Crippen LogP contribution in [0.2, 0.25) is 0 Å². The standard InChI is InChI=1S/C18H18/c1-18(2)12-10-15-9-8-14-6-4-3-5-7-16(14)17(15)11-13-18/h4-13H,3H2,1-2H3. The first-order chi connectivity index (χ1) is 8.66. The molecule has 90 valence electrons. The minimum Gasteiger partial charge on any atom is -0.0801 e. The molecular weight excluding hydrogens is 216 g/mol. The number of rotatable bonds is 0. The molecule has 0 nitrogen and oxygen atoms in total. The van der Waals surface area contributed by atoms with E-state index in [-0.39, 0.29) is 5.41 Å². The average molecular weight is 234 g/mol. The van der Waals surface area contributed by atoms with Crippen molar-refractivity contribution in [3.8, 4) is 0 Å². The molecule has 0 unspecified atom stereocenters. The van der Waals surface area contributed by atoms with Gasteiger partial charge in [0.2, 0.25) is 0 Å². The summed E-state index contributed by atoms with van der Waals surface area (Å²) < 4.78 is 0. The van der Waals surface area contributed by atoms with E-state index in [1.54, 1.807) is 0 Å². The minimum atomic E-state index is 0.135. The summed E-state index contributed by atoms with van der Waals surface area (Å²) in [6.45, 7) is 4.47. The second-order valence-electron chi connectivity index (χ2n) is 5.60. The summed E-state index contributed by atoms with van der Waals surface area (Å²) in [6, 6.07) is 4.44. The van der Waals surface area contributed by atoms with Crippen molar-refractivity contribution in [1.29, 1.82) is 0 Å². The molecule has 0 amide bonds. The minimum absolute atomic E-state index is 0.135. The Labute approximate surface area is 109 Å². The molecule has 0 radical (unpaired) electrons. The van der Waals surface area contributed by atoms with Gasteiger partial charge in [-0.1, -0.05) is 74.6 Å². The van der Waals surface area contributed by atoms with Crippen LogP contribution >= 0.6 is 0 Å². The molecule has 0 bridgehead atoms. The number of hydrogen-bond donors (Lipinski definition) is 0. The van der Waals surface area contributed by atoms with Gasteiger partial charge in [-0.05, 0) is 28.7 Å². The van der Waals surface area contributed by atoms with Gasteiger partial charge < -0.3 is 0 Å². The van der Waals surface area contributed by atoms with Gasteiger partial charge in [0.1, 0.15) is 0 Å².